The SMILES string of the molecule is COc1cc(C)c(C)cc1C(N)C1(CO)CCC1. The predicted molar refractivity (Wildman–Crippen MR) is 72.8 cm³/mol. The molecule has 0 radical (unpaired) electrons. The molecule has 1 atom stereocenters. The Morgan fingerprint density at radius 1 is 1.33 bits per heavy atom. The summed E-state index contributed by atoms with van der Waals surface area (Å²) >= 11 is 0. The number of hydrogen-bond donors (Lipinski definition) is 2. The van der Waals surface area contributed by atoms with E-state index in [0.29, 0.717) is 0 Å². The average molecular weight is 249 g/mol. The molecule has 3 heteroatoms. The van der Waals surface area contributed by atoms with Crippen LogP contribution in [0.1, 0.15) is 42.0 Å². The second kappa shape index (κ2) is 4.90. The molecule has 100 valence electrons. The lowest BCUT2D eigenvalue weighted by atomic mass is 9.63. The highest BCUT2D eigenvalue weighted by atomic mass is 16.5. The molecule has 0 heterocycles. The second-order valence-corrected chi connectivity index (χ2v) is 5.53. The molecule has 2 rings (SSSR count). The highest BCUT2D eigenvalue weighted by Crippen LogP contribution is 2.50. The molecule has 0 amide bonds. The summed E-state index contributed by atoms with van der Waals surface area (Å²) in [6.07, 6.45) is 3.16. The van der Waals surface area contributed by atoms with Gasteiger partial charge >= 0.3 is 0 Å². The predicted octanol–water partition coefficient (Wildman–Crippen LogP) is 2.47. The van der Waals surface area contributed by atoms with Crippen LogP contribution < -0.4 is 10.5 Å². The molecule has 3 N–H and O–H groups in total. The Hall–Kier alpha value is -1.06. The summed E-state index contributed by atoms with van der Waals surface area (Å²) in [6.45, 7) is 4.31. The van der Waals surface area contributed by atoms with Crippen LogP contribution in [0.2, 0.25) is 0 Å². The summed E-state index contributed by atoms with van der Waals surface area (Å²) in [6, 6.07) is 3.99. The lowest BCUT2D eigenvalue weighted by Gasteiger charge is -2.45. The molecular weight excluding hydrogens is 226 g/mol. The third-order valence-electron chi connectivity index (χ3n) is 4.51. The van der Waals surface area contributed by atoms with Gasteiger partial charge in [0.15, 0.2) is 0 Å². The molecule has 18 heavy (non-hydrogen) atoms. The van der Waals surface area contributed by atoms with E-state index in [2.05, 4.69) is 19.9 Å². The monoisotopic (exact) mass is 249 g/mol. The van der Waals surface area contributed by atoms with E-state index < -0.39 is 0 Å². The summed E-state index contributed by atoms with van der Waals surface area (Å²) in [7, 11) is 1.67. The zero-order valence-corrected chi connectivity index (χ0v) is 11.5. The van der Waals surface area contributed by atoms with Crippen molar-refractivity contribution in [1.82, 2.24) is 0 Å². The van der Waals surface area contributed by atoms with E-state index in [1.807, 2.05) is 6.07 Å². The van der Waals surface area contributed by atoms with E-state index in [4.69, 9.17) is 10.5 Å². The standard InChI is InChI=1S/C15H23NO2/c1-10-7-12(13(18-3)8-11(10)2)14(16)15(9-17)5-4-6-15/h7-8,14,17H,4-6,9,16H2,1-3H3. The molecule has 1 aromatic carbocycles. The molecular formula is C15H23NO2. The van der Waals surface area contributed by atoms with Gasteiger partial charge in [-0.15, -0.1) is 0 Å². The second-order valence-electron chi connectivity index (χ2n) is 5.53. The Kier molecular flexibility index (Phi) is 3.64. The van der Waals surface area contributed by atoms with E-state index in [-0.39, 0.29) is 18.1 Å². The molecule has 1 aliphatic carbocycles. The fourth-order valence-electron chi connectivity index (χ4n) is 2.76. The lowest BCUT2D eigenvalue weighted by Crippen LogP contribution is -2.43. The lowest BCUT2D eigenvalue weighted by molar-refractivity contribution is 0.0177. The third-order valence-corrected chi connectivity index (χ3v) is 4.51. The maximum Gasteiger partial charge on any atom is 0.123 e. The average Bonchev–Trinajstić information content (AvgIpc) is 2.31. The first-order valence-corrected chi connectivity index (χ1v) is 6.55. The minimum Gasteiger partial charge on any atom is -0.496 e. The molecule has 3 nitrogen and oxygen atoms in total. The van der Waals surface area contributed by atoms with Crippen LogP contribution in [0.25, 0.3) is 0 Å². The molecule has 0 saturated heterocycles. The quantitative estimate of drug-likeness (QED) is 0.862. The largest absolute Gasteiger partial charge is 0.496 e. The number of benzene rings is 1. The van der Waals surface area contributed by atoms with Crippen molar-refractivity contribution in [3.63, 3.8) is 0 Å². The first-order valence-electron chi connectivity index (χ1n) is 6.55. The summed E-state index contributed by atoms with van der Waals surface area (Å²) in [4.78, 5) is 0. The molecule has 1 fully saturated rings. The highest BCUT2D eigenvalue weighted by molar-refractivity contribution is 5.44. The van der Waals surface area contributed by atoms with Crippen LogP contribution in [0.5, 0.6) is 5.75 Å². The van der Waals surface area contributed by atoms with Gasteiger partial charge in [0.05, 0.1) is 13.7 Å². The molecule has 0 aromatic heterocycles. The van der Waals surface area contributed by atoms with Crippen LogP contribution in [0, 0.1) is 19.3 Å². The normalized spacial score (nSPS) is 19.2. The molecule has 0 aliphatic heterocycles. The highest BCUT2D eigenvalue weighted by Gasteiger charge is 2.43. The first kappa shape index (κ1) is 13.4. The first-order chi connectivity index (χ1) is 8.54. The van der Waals surface area contributed by atoms with Crippen LogP contribution in [-0.2, 0) is 0 Å². The van der Waals surface area contributed by atoms with Crippen molar-refractivity contribution in [1.29, 1.82) is 0 Å². The van der Waals surface area contributed by atoms with Crippen LogP contribution in [0.15, 0.2) is 12.1 Å². The van der Waals surface area contributed by atoms with Crippen molar-refractivity contribution in [2.24, 2.45) is 11.1 Å². The number of aliphatic hydroxyl groups excluding tert-OH is 1. The van der Waals surface area contributed by atoms with E-state index >= 15 is 0 Å². The van der Waals surface area contributed by atoms with Crippen LogP contribution in [0.3, 0.4) is 0 Å². The van der Waals surface area contributed by atoms with Gasteiger partial charge in [0.2, 0.25) is 0 Å². The Morgan fingerprint density at radius 2 is 1.94 bits per heavy atom. The molecule has 1 aromatic rings. The number of rotatable bonds is 4. The summed E-state index contributed by atoms with van der Waals surface area (Å²) in [5.41, 5.74) is 9.70. The minimum absolute atomic E-state index is 0.144. The van der Waals surface area contributed by atoms with Crippen molar-refractivity contribution in [3.05, 3.63) is 28.8 Å². The summed E-state index contributed by atoms with van der Waals surface area (Å²) in [5, 5.41) is 9.63. The summed E-state index contributed by atoms with van der Waals surface area (Å²) < 4.78 is 5.45. The van der Waals surface area contributed by atoms with E-state index in [0.717, 1.165) is 30.6 Å². The van der Waals surface area contributed by atoms with Crippen LogP contribution >= 0.6 is 0 Å². The molecule has 1 unspecified atom stereocenters. The molecule has 1 saturated carbocycles. The van der Waals surface area contributed by atoms with Crippen LogP contribution in [0.4, 0.5) is 0 Å². The number of ether oxygens (including phenoxy) is 1. The van der Waals surface area contributed by atoms with E-state index in [9.17, 15) is 5.11 Å². The van der Waals surface area contributed by atoms with Crippen molar-refractivity contribution >= 4 is 0 Å². The zero-order valence-electron chi connectivity index (χ0n) is 11.5. The van der Waals surface area contributed by atoms with Crippen molar-refractivity contribution in [2.75, 3.05) is 13.7 Å². The third kappa shape index (κ3) is 2.02. The summed E-state index contributed by atoms with van der Waals surface area (Å²) in [5.74, 6) is 0.838. The van der Waals surface area contributed by atoms with Gasteiger partial charge in [-0.3, -0.25) is 0 Å². The van der Waals surface area contributed by atoms with Gasteiger partial charge in [0, 0.05) is 17.0 Å². The van der Waals surface area contributed by atoms with Gasteiger partial charge in [0.1, 0.15) is 5.75 Å². The number of nitrogens with two attached hydrogens (primary N) is 1. The van der Waals surface area contributed by atoms with Gasteiger partial charge < -0.3 is 15.6 Å². The van der Waals surface area contributed by atoms with Crippen molar-refractivity contribution < 1.29 is 9.84 Å². The Labute approximate surface area is 109 Å². The zero-order chi connectivity index (χ0) is 13.3. The van der Waals surface area contributed by atoms with Gasteiger partial charge in [0.25, 0.3) is 0 Å². The molecule has 0 bridgehead atoms. The Balaban J connectivity index is 2.40. The van der Waals surface area contributed by atoms with Crippen molar-refractivity contribution in [2.45, 2.75) is 39.2 Å². The van der Waals surface area contributed by atoms with Gasteiger partial charge in [-0.2, -0.15) is 0 Å². The number of aliphatic hydroxyl groups is 1. The van der Waals surface area contributed by atoms with E-state index in [1.165, 1.54) is 11.1 Å². The number of aryl methyl sites for hydroxylation is 2. The fraction of sp³-hybridized carbons (Fsp3) is 0.600. The topological polar surface area (TPSA) is 55.5 Å². The van der Waals surface area contributed by atoms with Crippen molar-refractivity contribution in [3.8, 4) is 5.75 Å². The number of methoxy groups -OCH3 is 1. The van der Waals surface area contributed by atoms with Crippen LogP contribution in [-0.4, -0.2) is 18.8 Å². The Bertz CT molecular complexity index is 433. The maximum absolute atomic E-state index is 9.63. The van der Waals surface area contributed by atoms with E-state index in [1.54, 1.807) is 7.11 Å². The van der Waals surface area contributed by atoms with Gasteiger partial charge in [-0.25, -0.2) is 0 Å². The minimum atomic E-state index is -0.148. The Morgan fingerprint density at radius 3 is 2.39 bits per heavy atom. The van der Waals surface area contributed by atoms with Gasteiger partial charge in [-0.05, 0) is 43.9 Å². The molecule has 1 aliphatic rings. The smallest absolute Gasteiger partial charge is 0.123 e. The molecule has 0 spiro atoms. The maximum atomic E-state index is 9.63. The number of hydrogen-bond acceptors (Lipinski definition) is 3. The van der Waals surface area contributed by atoms with Gasteiger partial charge in [-0.1, -0.05) is 12.5 Å². The fourth-order valence-corrected chi connectivity index (χ4v) is 2.76.